The van der Waals surface area contributed by atoms with Crippen LogP contribution in [0.4, 0.5) is 0 Å². The number of hydrogen-bond acceptors (Lipinski definition) is 3. The fourth-order valence-corrected chi connectivity index (χ4v) is 2.79. The van der Waals surface area contributed by atoms with Crippen molar-refractivity contribution in [3.8, 4) is 0 Å². The summed E-state index contributed by atoms with van der Waals surface area (Å²) in [6.45, 7) is 0. The van der Waals surface area contributed by atoms with Crippen LogP contribution >= 0.6 is 0 Å². The number of carbonyl (C=O) groups is 1. The van der Waals surface area contributed by atoms with Crippen LogP contribution in [0.2, 0.25) is 0 Å². The van der Waals surface area contributed by atoms with Crippen molar-refractivity contribution >= 4 is 17.0 Å². The van der Waals surface area contributed by atoms with E-state index < -0.39 is 5.97 Å². The number of fused-ring (bicyclic) bond motifs is 1. The van der Waals surface area contributed by atoms with Crippen LogP contribution in [-0.2, 0) is 0 Å². The van der Waals surface area contributed by atoms with Crippen molar-refractivity contribution in [2.45, 2.75) is 37.8 Å². The summed E-state index contributed by atoms with van der Waals surface area (Å²) in [7, 11) is 0. The van der Waals surface area contributed by atoms with Gasteiger partial charge in [-0.25, -0.2) is 9.78 Å². The third-order valence-corrected chi connectivity index (χ3v) is 3.88. The average Bonchev–Trinajstić information content (AvgIpc) is 2.82. The third kappa shape index (κ3) is 2.21. The Hall–Kier alpha value is -1.88. The van der Waals surface area contributed by atoms with Gasteiger partial charge in [-0.15, -0.1) is 0 Å². The Balaban J connectivity index is 1.95. The minimum Gasteiger partial charge on any atom is -0.478 e. The van der Waals surface area contributed by atoms with E-state index in [9.17, 15) is 9.90 Å². The molecular formula is C14H16N2O3. The molecule has 0 radical (unpaired) electrons. The first-order valence-corrected chi connectivity index (χ1v) is 6.53. The van der Waals surface area contributed by atoms with Gasteiger partial charge in [0.05, 0.1) is 29.0 Å². The molecule has 19 heavy (non-hydrogen) atoms. The zero-order valence-electron chi connectivity index (χ0n) is 10.5. The molecule has 1 aliphatic carbocycles. The maximum absolute atomic E-state index is 10.9. The summed E-state index contributed by atoms with van der Waals surface area (Å²) in [5, 5.41) is 18.5. The summed E-state index contributed by atoms with van der Waals surface area (Å²) in [6, 6.07) is 5.38. The number of benzene rings is 1. The first-order valence-electron chi connectivity index (χ1n) is 6.53. The molecule has 0 spiro atoms. The highest BCUT2D eigenvalue weighted by Gasteiger charge is 2.22. The molecule has 1 saturated carbocycles. The Labute approximate surface area is 110 Å². The fourth-order valence-electron chi connectivity index (χ4n) is 2.79. The first kappa shape index (κ1) is 12.2. The van der Waals surface area contributed by atoms with E-state index >= 15 is 0 Å². The molecule has 5 nitrogen and oxygen atoms in total. The highest BCUT2D eigenvalue weighted by atomic mass is 16.4. The van der Waals surface area contributed by atoms with Crippen molar-refractivity contribution in [2.75, 3.05) is 0 Å². The van der Waals surface area contributed by atoms with Gasteiger partial charge in [0.2, 0.25) is 0 Å². The van der Waals surface area contributed by atoms with Crippen molar-refractivity contribution in [3.05, 3.63) is 30.1 Å². The molecule has 0 aliphatic heterocycles. The highest BCUT2D eigenvalue weighted by molar-refractivity contribution is 5.92. The lowest BCUT2D eigenvalue weighted by molar-refractivity contribution is 0.0697. The second-order valence-electron chi connectivity index (χ2n) is 5.12. The number of aliphatic hydroxyl groups is 1. The Morgan fingerprint density at radius 3 is 2.68 bits per heavy atom. The molecule has 1 heterocycles. The van der Waals surface area contributed by atoms with E-state index in [0.717, 1.165) is 31.2 Å². The van der Waals surface area contributed by atoms with Gasteiger partial charge in [0.25, 0.3) is 0 Å². The van der Waals surface area contributed by atoms with Gasteiger partial charge in [-0.2, -0.15) is 0 Å². The standard InChI is InChI=1S/C14H16N2O3/c17-11-4-2-10(3-5-11)16-8-15-12-7-9(14(18)19)1-6-13(12)16/h1,6-8,10-11,17H,2-5H2,(H,18,19). The number of aromatic nitrogens is 2. The number of aromatic carboxylic acids is 1. The van der Waals surface area contributed by atoms with Crippen LogP contribution in [0, 0.1) is 0 Å². The van der Waals surface area contributed by atoms with E-state index in [1.807, 2.05) is 6.07 Å². The van der Waals surface area contributed by atoms with Crippen molar-refractivity contribution < 1.29 is 15.0 Å². The minimum atomic E-state index is -0.933. The van der Waals surface area contributed by atoms with Crippen LogP contribution in [0.1, 0.15) is 42.1 Å². The van der Waals surface area contributed by atoms with Gasteiger partial charge in [-0.05, 0) is 43.9 Å². The Morgan fingerprint density at radius 1 is 1.26 bits per heavy atom. The summed E-state index contributed by atoms with van der Waals surface area (Å²) in [5.74, 6) is -0.933. The van der Waals surface area contributed by atoms with Crippen LogP contribution in [0.5, 0.6) is 0 Å². The van der Waals surface area contributed by atoms with Gasteiger partial charge in [-0.3, -0.25) is 0 Å². The molecule has 0 atom stereocenters. The lowest BCUT2D eigenvalue weighted by atomic mass is 9.93. The summed E-state index contributed by atoms with van der Waals surface area (Å²) < 4.78 is 2.10. The van der Waals surface area contributed by atoms with Gasteiger partial charge in [0.1, 0.15) is 0 Å². The van der Waals surface area contributed by atoms with Gasteiger partial charge in [0.15, 0.2) is 0 Å². The molecule has 1 aromatic carbocycles. The molecule has 1 fully saturated rings. The van der Waals surface area contributed by atoms with Gasteiger partial charge < -0.3 is 14.8 Å². The maximum atomic E-state index is 10.9. The van der Waals surface area contributed by atoms with E-state index in [1.165, 1.54) is 0 Å². The number of imidazole rings is 1. The van der Waals surface area contributed by atoms with Crippen molar-refractivity contribution in [3.63, 3.8) is 0 Å². The summed E-state index contributed by atoms with van der Waals surface area (Å²) in [6.07, 6.45) is 5.11. The van der Waals surface area contributed by atoms with E-state index in [-0.39, 0.29) is 11.7 Å². The SMILES string of the molecule is O=C(O)c1ccc2c(c1)ncn2C1CCC(O)CC1. The van der Waals surface area contributed by atoms with E-state index in [0.29, 0.717) is 11.6 Å². The fraction of sp³-hybridized carbons (Fsp3) is 0.429. The van der Waals surface area contributed by atoms with E-state index in [1.54, 1.807) is 18.5 Å². The number of rotatable bonds is 2. The summed E-state index contributed by atoms with van der Waals surface area (Å²) in [4.78, 5) is 15.2. The Kier molecular flexibility index (Phi) is 2.98. The normalized spacial score (nSPS) is 23.6. The molecule has 3 rings (SSSR count). The maximum Gasteiger partial charge on any atom is 0.335 e. The molecule has 0 bridgehead atoms. The van der Waals surface area contributed by atoms with Gasteiger partial charge >= 0.3 is 5.97 Å². The number of hydrogen-bond donors (Lipinski definition) is 2. The predicted octanol–water partition coefficient (Wildman–Crippen LogP) is 2.21. The molecule has 100 valence electrons. The zero-order valence-corrected chi connectivity index (χ0v) is 10.5. The number of carboxylic acid groups (broad SMARTS) is 1. The topological polar surface area (TPSA) is 75.3 Å². The number of aliphatic hydroxyl groups excluding tert-OH is 1. The van der Waals surface area contributed by atoms with Crippen LogP contribution < -0.4 is 0 Å². The predicted molar refractivity (Wildman–Crippen MR) is 70.2 cm³/mol. The Bertz CT molecular complexity index is 612. The molecule has 5 heteroatoms. The van der Waals surface area contributed by atoms with Crippen LogP contribution in [-0.4, -0.2) is 31.8 Å². The lowest BCUT2D eigenvalue weighted by Gasteiger charge is -2.26. The van der Waals surface area contributed by atoms with E-state index in [4.69, 9.17) is 5.11 Å². The lowest BCUT2D eigenvalue weighted by Crippen LogP contribution is -2.20. The van der Waals surface area contributed by atoms with Crippen molar-refractivity contribution in [2.24, 2.45) is 0 Å². The molecule has 0 amide bonds. The largest absolute Gasteiger partial charge is 0.478 e. The minimum absolute atomic E-state index is 0.176. The molecule has 1 aliphatic rings. The smallest absolute Gasteiger partial charge is 0.335 e. The molecule has 0 saturated heterocycles. The number of nitrogens with zero attached hydrogens (tertiary/aromatic N) is 2. The first-order chi connectivity index (χ1) is 9.15. The van der Waals surface area contributed by atoms with Gasteiger partial charge in [0, 0.05) is 6.04 Å². The second kappa shape index (κ2) is 4.66. The Morgan fingerprint density at radius 2 is 2.00 bits per heavy atom. The summed E-state index contributed by atoms with van der Waals surface area (Å²) >= 11 is 0. The van der Waals surface area contributed by atoms with Crippen LogP contribution in [0.15, 0.2) is 24.5 Å². The highest BCUT2D eigenvalue weighted by Crippen LogP contribution is 2.31. The monoisotopic (exact) mass is 260 g/mol. The summed E-state index contributed by atoms with van der Waals surface area (Å²) in [5.41, 5.74) is 1.94. The van der Waals surface area contributed by atoms with Crippen molar-refractivity contribution in [1.29, 1.82) is 0 Å². The van der Waals surface area contributed by atoms with Crippen LogP contribution in [0.3, 0.4) is 0 Å². The molecule has 2 aromatic rings. The quantitative estimate of drug-likeness (QED) is 0.868. The average molecular weight is 260 g/mol. The van der Waals surface area contributed by atoms with E-state index in [2.05, 4.69) is 9.55 Å². The van der Waals surface area contributed by atoms with Gasteiger partial charge in [-0.1, -0.05) is 0 Å². The number of carboxylic acids is 1. The molecule has 0 unspecified atom stereocenters. The zero-order chi connectivity index (χ0) is 13.4. The molecule has 2 N–H and O–H groups in total. The second-order valence-corrected chi connectivity index (χ2v) is 5.12. The van der Waals surface area contributed by atoms with Crippen molar-refractivity contribution in [1.82, 2.24) is 9.55 Å². The molecule has 1 aromatic heterocycles. The third-order valence-electron chi connectivity index (χ3n) is 3.88. The van der Waals surface area contributed by atoms with Crippen LogP contribution in [0.25, 0.3) is 11.0 Å². The molecular weight excluding hydrogens is 244 g/mol.